The summed E-state index contributed by atoms with van der Waals surface area (Å²) in [4.78, 5) is 14.3. The second-order valence-corrected chi connectivity index (χ2v) is 4.93. The smallest absolute Gasteiger partial charge is 0.182 e. The van der Waals surface area contributed by atoms with Crippen molar-refractivity contribution in [1.29, 1.82) is 0 Å². The van der Waals surface area contributed by atoms with E-state index < -0.39 is 0 Å². The summed E-state index contributed by atoms with van der Waals surface area (Å²) in [6.45, 7) is 1.11. The van der Waals surface area contributed by atoms with E-state index in [1.807, 2.05) is 23.1 Å². The molecule has 0 atom stereocenters. The number of anilines is 1. The molecule has 0 fully saturated rings. The first-order valence-electron chi connectivity index (χ1n) is 6.53. The lowest BCUT2D eigenvalue weighted by atomic mass is 10.1. The molecule has 2 N–H and O–H groups in total. The molecular weight excluding hydrogens is 254 g/mol. The number of rotatable bonds is 3. The van der Waals surface area contributed by atoms with Gasteiger partial charge in [0.2, 0.25) is 0 Å². The third kappa shape index (κ3) is 2.20. The predicted molar refractivity (Wildman–Crippen MR) is 76.5 cm³/mol. The van der Waals surface area contributed by atoms with Crippen LogP contribution in [0.2, 0.25) is 0 Å². The zero-order chi connectivity index (χ0) is 14.1. The first kappa shape index (κ1) is 12.5. The Kier molecular flexibility index (Phi) is 3.06. The molecule has 1 heterocycles. The molecule has 1 aliphatic heterocycles. The molecule has 20 heavy (non-hydrogen) atoms. The van der Waals surface area contributed by atoms with Crippen molar-refractivity contribution in [1.82, 2.24) is 0 Å². The fraction of sp³-hybridized carbons (Fsp3) is 0.188. The van der Waals surface area contributed by atoms with Gasteiger partial charge in [-0.2, -0.15) is 0 Å². The van der Waals surface area contributed by atoms with Crippen LogP contribution in [0.25, 0.3) is 0 Å². The molecule has 2 aromatic rings. The van der Waals surface area contributed by atoms with Crippen LogP contribution in [0, 0.1) is 0 Å². The maximum absolute atomic E-state index is 12.2. The Hall–Kier alpha value is -2.49. The molecule has 0 spiro atoms. The third-order valence-electron chi connectivity index (χ3n) is 3.62. The summed E-state index contributed by atoms with van der Waals surface area (Å²) < 4.78 is 0. The number of Topliss-reactive ketones (excluding diaryl/α,β-unsaturated/α-hetero) is 1. The number of hydrogen-bond donors (Lipinski definition) is 2. The molecule has 0 aliphatic carbocycles. The molecule has 0 bridgehead atoms. The molecule has 0 saturated carbocycles. The van der Waals surface area contributed by atoms with Crippen molar-refractivity contribution >= 4 is 11.5 Å². The number of nitrogens with zero attached hydrogens (tertiary/aromatic N) is 1. The second kappa shape index (κ2) is 4.89. The molecule has 2 aromatic carbocycles. The second-order valence-electron chi connectivity index (χ2n) is 4.93. The monoisotopic (exact) mass is 269 g/mol. The zero-order valence-corrected chi connectivity index (χ0v) is 10.9. The molecule has 0 saturated heterocycles. The summed E-state index contributed by atoms with van der Waals surface area (Å²) in [5.41, 5.74) is 2.77. The van der Waals surface area contributed by atoms with Crippen LogP contribution < -0.4 is 4.90 Å². The lowest BCUT2D eigenvalue weighted by Gasteiger charge is -2.18. The Morgan fingerprint density at radius 1 is 1.10 bits per heavy atom. The minimum absolute atomic E-state index is 0.0722. The van der Waals surface area contributed by atoms with Gasteiger partial charge in [-0.15, -0.1) is 0 Å². The Balaban J connectivity index is 1.79. The van der Waals surface area contributed by atoms with Crippen molar-refractivity contribution in [2.45, 2.75) is 6.42 Å². The van der Waals surface area contributed by atoms with E-state index in [9.17, 15) is 15.0 Å². The fourth-order valence-corrected chi connectivity index (χ4v) is 2.53. The van der Waals surface area contributed by atoms with Crippen LogP contribution in [0.4, 0.5) is 5.69 Å². The Morgan fingerprint density at radius 3 is 2.70 bits per heavy atom. The first-order valence-corrected chi connectivity index (χ1v) is 6.53. The Bertz CT molecular complexity index is 667. The number of fused-ring (bicyclic) bond motifs is 1. The standard InChI is InChI=1S/C16H15NO3/c18-14-6-5-12(9-15(14)19)16(20)10-17-8-7-11-3-1-2-4-13(11)17/h1-6,9,18-19H,7-8,10H2. The number of ketones is 1. The number of phenols is 2. The van der Waals surface area contributed by atoms with Crippen molar-refractivity contribution in [3.05, 3.63) is 53.6 Å². The quantitative estimate of drug-likeness (QED) is 0.663. The van der Waals surface area contributed by atoms with Crippen molar-refractivity contribution < 1.29 is 15.0 Å². The number of carbonyl (C=O) groups is 1. The van der Waals surface area contributed by atoms with E-state index in [0.717, 1.165) is 18.7 Å². The molecule has 0 radical (unpaired) electrons. The minimum atomic E-state index is -0.266. The molecule has 0 unspecified atom stereocenters. The van der Waals surface area contributed by atoms with Gasteiger partial charge in [0.05, 0.1) is 6.54 Å². The van der Waals surface area contributed by atoms with E-state index in [1.165, 1.54) is 23.8 Å². The van der Waals surface area contributed by atoms with E-state index in [1.54, 1.807) is 0 Å². The topological polar surface area (TPSA) is 60.8 Å². The van der Waals surface area contributed by atoms with Crippen molar-refractivity contribution in [3.8, 4) is 11.5 Å². The summed E-state index contributed by atoms with van der Waals surface area (Å²) in [6.07, 6.45) is 0.949. The maximum Gasteiger partial charge on any atom is 0.182 e. The molecule has 4 heteroatoms. The minimum Gasteiger partial charge on any atom is -0.504 e. The van der Waals surface area contributed by atoms with Gasteiger partial charge in [0.15, 0.2) is 17.3 Å². The van der Waals surface area contributed by atoms with Crippen LogP contribution in [0.1, 0.15) is 15.9 Å². The first-order chi connectivity index (χ1) is 9.65. The number of phenolic OH excluding ortho intramolecular Hbond substituents is 2. The van der Waals surface area contributed by atoms with Crippen LogP contribution in [-0.4, -0.2) is 29.1 Å². The molecule has 0 amide bonds. The number of hydrogen-bond acceptors (Lipinski definition) is 4. The average Bonchev–Trinajstić information content (AvgIpc) is 2.85. The van der Waals surface area contributed by atoms with Crippen molar-refractivity contribution in [2.75, 3.05) is 18.0 Å². The summed E-state index contributed by atoms with van der Waals surface area (Å²) in [5.74, 6) is -0.553. The molecule has 102 valence electrons. The lowest BCUT2D eigenvalue weighted by Crippen LogP contribution is -2.27. The Labute approximate surface area is 116 Å². The van der Waals surface area contributed by atoms with E-state index in [0.29, 0.717) is 5.56 Å². The van der Waals surface area contributed by atoms with Crippen LogP contribution in [-0.2, 0) is 6.42 Å². The predicted octanol–water partition coefficient (Wildman–Crippen LogP) is 2.34. The van der Waals surface area contributed by atoms with Crippen molar-refractivity contribution in [2.24, 2.45) is 0 Å². The van der Waals surface area contributed by atoms with Gasteiger partial charge in [-0.3, -0.25) is 4.79 Å². The highest BCUT2D eigenvalue weighted by Gasteiger charge is 2.21. The maximum atomic E-state index is 12.2. The van der Waals surface area contributed by atoms with E-state index in [2.05, 4.69) is 6.07 Å². The lowest BCUT2D eigenvalue weighted by molar-refractivity contribution is 0.0999. The average molecular weight is 269 g/mol. The van der Waals surface area contributed by atoms with Gasteiger partial charge in [0.1, 0.15) is 0 Å². The van der Waals surface area contributed by atoms with Gasteiger partial charge < -0.3 is 15.1 Å². The van der Waals surface area contributed by atoms with Gasteiger partial charge >= 0.3 is 0 Å². The number of aromatic hydroxyl groups is 2. The van der Waals surface area contributed by atoms with E-state index >= 15 is 0 Å². The van der Waals surface area contributed by atoms with Gasteiger partial charge in [0.25, 0.3) is 0 Å². The zero-order valence-electron chi connectivity index (χ0n) is 10.9. The molecule has 1 aliphatic rings. The molecule has 3 rings (SSSR count). The molecule has 4 nitrogen and oxygen atoms in total. The van der Waals surface area contributed by atoms with E-state index in [-0.39, 0.29) is 23.8 Å². The highest BCUT2D eigenvalue weighted by atomic mass is 16.3. The van der Waals surface area contributed by atoms with Gasteiger partial charge in [-0.1, -0.05) is 18.2 Å². The van der Waals surface area contributed by atoms with Gasteiger partial charge in [0, 0.05) is 17.8 Å². The van der Waals surface area contributed by atoms with Crippen LogP contribution in [0.15, 0.2) is 42.5 Å². The number of carbonyl (C=O) groups excluding carboxylic acids is 1. The van der Waals surface area contributed by atoms with Crippen LogP contribution in [0.3, 0.4) is 0 Å². The molecule has 0 aromatic heterocycles. The molecular formula is C16H15NO3. The number of benzene rings is 2. The summed E-state index contributed by atoms with van der Waals surface area (Å²) in [6, 6.07) is 12.2. The highest BCUT2D eigenvalue weighted by molar-refractivity contribution is 6.00. The normalized spacial score (nSPS) is 13.3. The SMILES string of the molecule is O=C(CN1CCc2ccccc21)c1ccc(O)c(O)c1. The van der Waals surface area contributed by atoms with Crippen LogP contribution >= 0.6 is 0 Å². The summed E-state index contributed by atoms with van der Waals surface area (Å²) in [5, 5.41) is 18.7. The Morgan fingerprint density at radius 2 is 1.90 bits per heavy atom. The third-order valence-corrected chi connectivity index (χ3v) is 3.62. The largest absolute Gasteiger partial charge is 0.504 e. The van der Waals surface area contributed by atoms with E-state index in [4.69, 9.17) is 0 Å². The van der Waals surface area contributed by atoms with Gasteiger partial charge in [-0.05, 0) is 36.2 Å². The fourth-order valence-electron chi connectivity index (χ4n) is 2.53. The van der Waals surface area contributed by atoms with Crippen molar-refractivity contribution in [3.63, 3.8) is 0 Å². The summed E-state index contributed by atoms with van der Waals surface area (Å²) in [7, 11) is 0. The highest BCUT2D eigenvalue weighted by Crippen LogP contribution is 2.28. The number of para-hydroxylation sites is 1. The van der Waals surface area contributed by atoms with Crippen LogP contribution in [0.5, 0.6) is 11.5 Å². The van der Waals surface area contributed by atoms with Gasteiger partial charge in [-0.25, -0.2) is 0 Å². The summed E-state index contributed by atoms with van der Waals surface area (Å²) >= 11 is 0.